The van der Waals surface area contributed by atoms with Crippen molar-refractivity contribution in [2.45, 2.75) is 11.6 Å². The van der Waals surface area contributed by atoms with Crippen LogP contribution in [0.4, 0.5) is 0 Å². The van der Waals surface area contributed by atoms with Gasteiger partial charge in [0.05, 0.1) is 13.2 Å². The lowest BCUT2D eigenvalue weighted by Crippen LogP contribution is -2.38. The third kappa shape index (κ3) is 7.44. The largest absolute Gasteiger partial charge is 0.450 e. The van der Waals surface area contributed by atoms with Crippen molar-refractivity contribution in [1.82, 2.24) is 15.5 Å². The number of nitrogens with one attached hydrogen (secondary N) is 2. The molecule has 0 radical (unpaired) electrons. The average molecular weight is 542 g/mol. The first-order valence-corrected chi connectivity index (χ1v) is 12.8. The van der Waals surface area contributed by atoms with Crippen molar-refractivity contribution in [3.05, 3.63) is 94.3 Å². The van der Waals surface area contributed by atoms with Crippen molar-refractivity contribution in [1.29, 1.82) is 0 Å². The SMILES string of the molecule is O=C(NCc1ccc(Cl)cc1)C(=Cc1ccc(SC(=S)N2CCOCC2)o1)NC(=O)c1ccccc1. The highest BCUT2D eigenvalue weighted by molar-refractivity contribution is 8.22. The number of amides is 2. The zero-order chi connectivity index (χ0) is 25.3. The molecule has 1 aromatic heterocycles. The van der Waals surface area contributed by atoms with Crippen LogP contribution >= 0.6 is 35.6 Å². The zero-order valence-corrected chi connectivity index (χ0v) is 21.6. The van der Waals surface area contributed by atoms with Gasteiger partial charge in [0.1, 0.15) is 15.8 Å². The fourth-order valence-electron chi connectivity index (χ4n) is 3.33. The Morgan fingerprint density at radius 2 is 1.75 bits per heavy atom. The maximum atomic E-state index is 13.0. The molecule has 0 aliphatic carbocycles. The number of hydrogen-bond acceptors (Lipinski definition) is 6. The van der Waals surface area contributed by atoms with Crippen molar-refractivity contribution in [3.63, 3.8) is 0 Å². The molecule has 1 aliphatic heterocycles. The monoisotopic (exact) mass is 541 g/mol. The van der Waals surface area contributed by atoms with Gasteiger partial charge >= 0.3 is 0 Å². The Morgan fingerprint density at radius 3 is 2.47 bits per heavy atom. The third-order valence-corrected chi connectivity index (χ3v) is 6.85. The maximum absolute atomic E-state index is 13.0. The van der Waals surface area contributed by atoms with Crippen LogP contribution in [0.3, 0.4) is 0 Å². The van der Waals surface area contributed by atoms with Gasteiger partial charge in [0, 0.05) is 36.3 Å². The van der Waals surface area contributed by atoms with Crippen LogP contribution in [0.2, 0.25) is 5.02 Å². The smallest absolute Gasteiger partial charge is 0.268 e. The Hall–Kier alpha value is -3.11. The summed E-state index contributed by atoms with van der Waals surface area (Å²) in [5.41, 5.74) is 1.36. The number of carbonyl (C=O) groups excluding carboxylic acids is 2. The van der Waals surface area contributed by atoms with E-state index in [2.05, 4.69) is 15.5 Å². The third-order valence-electron chi connectivity index (χ3n) is 5.24. The standard InChI is InChI=1S/C26H24ClN3O4S2/c27-20-8-6-18(7-9-20)17-28-25(32)22(29-24(31)19-4-2-1-3-5-19)16-21-10-11-23(34-21)36-26(35)30-12-14-33-15-13-30/h1-11,16H,12-15,17H2,(H,28,32)(H,29,31). The molecule has 186 valence electrons. The molecule has 2 amide bonds. The Morgan fingerprint density at radius 1 is 1.03 bits per heavy atom. The van der Waals surface area contributed by atoms with Crippen molar-refractivity contribution in [2.24, 2.45) is 0 Å². The molecule has 0 bridgehead atoms. The molecule has 4 rings (SSSR count). The first-order chi connectivity index (χ1) is 17.5. The van der Waals surface area contributed by atoms with Crippen molar-refractivity contribution in [2.75, 3.05) is 26.3 Å². The van der Waals surface area contributed by atoms with Gasteiger partial charge in [-0.1, -0.05) is 54.2 Å². The van der Waals surface area contributed by atoms with Crippen molar-refractivity contribution in [3.8, 4) is 0 Å². The second kappa shape index (κ2) is 12.7. The van der Waals surface area contributed by atoms with Crippen molar-refractivity contribution >= 4 is 57.8 Å². The molecule has 7 nitrogen and oxygen atoms in total. The molecule has 2 heterocycles. The van der Waals surface area contributed by atoms with E-state index in [-0.39, 0.29) is 12.2 Å². The van der Waals surface area contributed by atoms with Gasteiger partial charge in [-0.05, 0) is 53.7 Å². The number of thioether (sulfide) groups is 1. The molecule has 2 aromatic carbocycles. The fraction of sp³-hybridized carbons (Fsp3) is 0.192. The summed E-state index contributed by atoms with van der Waals surface area (Å²) in [4.78, 5) is 27.9. The Labute approximate surface area is 223 Å². The maximum Gasteiger partial charge on any atom is 0.268 e. The average Bonchev–Trinajstić information content (AvgIpc) is 3.35. The number of carbonyl (C=O) groups is 2. The van der Waals surface area contributed by atoms with Gasteiger partial charge in [-0.25, -0.2) is 0 Å². The quantitative estimate of drug-likeness (QED) is 0.254. The summed E-state index contributed by atoms with van der Waals surface area (Å²) in [7, 11) is 0. The molecule has 36 heavy (non-hydrogen) atoms. The van der Waals surface area contributed by atoms with E-state index >= 15 is 0 Å². The minimum atomic E-state index is -0.455. The molecule has 1 fully saturated rings. The molecule has 3 aromatic rings. The fourth-order valence-corrected chi connectivity index (χ4v) is 4.64. The lowest BCUT2D eigenvalue weighted by molar-refractivity contribution is -0.117. The summed E-state index contributed by atoms with van der Waals surface area (Å²) in [5, 5.41) is 6.73. The Kier molecular flexibility index (Phi) is 9.18. The molecule has 0 spiro atoms. The van der Waals surface area contributed by atoms with E-state index in [0.29, 0.717) is 39.0 Å². The minimum absolute atomic E-state index is 0.0551. The van der Waals surface area contributed by atoms with Crippen LogP contribution in [-0.2, 0) is 16.1 Å². The normalized spacial score (nSPS) is 13.8. The highest BCUT2D eigenvalue weighted by Crippen LogP contribution is 2.26. The Balaban J connectivity index is 1.48. The van der Waals surface area contributed by atoms with Gasteiger partial charge in [0.15, 0.2) is 5.09 Å². The van der Waals surface area contributed by atoms with E-state index in [1.165, 1.54) is 17.8 Å². The van der Waals surface area contributed by atoms with Crippen LogP contribution in [0, 0.1) is 0 Å². The van der Waals surface area contributed by atoms with E-state index in [1.54, 1.807) is 48.5 Å². The van der Waals surface area contributed by atoms with Crippen LogP contribution in [-0.4, -0.2) is 47.3 Å². The van der Waals surface area contributed by atoms with Gasteiger partial charge < -0.3 is 24.7 Å². The zero-order valence-electron chi connectivity index (χ0n) is 19.2. The molecule has 10 heteroatoms. The molecule has 0 atom stereocenters. The van der Waals surface area contributed by atoms with E-state index in [4.69, 9.17) is 33.0 Å². The van der Waals surface area contributed by atoms with E-state index in [0.717, 1.165) is 18.7 Å². The molecule has 0 saturated carbocycles. The van der Waals surface area contributed by atoms with E-state index in [9.17, 15) is 9.59 Å². The van der Waals surface area contributed by atoms with Crippen LogP contribution in [0.1, 0.15) is 21.7 Å². The molecular formula is C26H24ClN3O4S2. The summed E-state index contributed by atoms with van der Waals surface area (Å²) < 4.78 is 11.9. The number of ether oxygens (including phenoxy) is 1. The predicted molar refractivity (Wildman–Crippen MR) is 145 cm³/mol. The summed E-state index contributed by atoms with van der Waals surface area (Å²) in [5.74, 6) is -0.450. The molecule has 0 unspecified atom stereocenters. The number of nitrogens with zero attached hydrogens (tertiary/aromatic N) is 1. The Bertz CT molecular complexity index is 1240. The summed E-state index contributed by atoms with van der Waals surface area (Å²) in [6, 6.07) is 19.3. The van der Waals surface area contributed by atoms with Gasteiger partial charge in [0.2, 0.25) is 0 Å². The number of hydrogen-bond donors (Lipinski definition) is 2. The number of halogens is 1. The number of benzene rings is 2. The van der Waals surface area contributed by atoms with Crippen LogP contribution < -0.4 is 10.6 Å². The van der Waals surface area contributed by atoms with Crippen molar-refractivity contribution < 1.29 is 18.7 Å². The predicted octanol–water partition coefficient (Wildman–Crippen LogP) is 4.73. The first-order valence-electron chi connectivity index (χ1n) is 11.2. The molecule has 1 saturated heterocycles. The van der Waals surface area contributed by atoms with E-state index in [1.807, 2.05) is 18.2 Å². The van der Waals surface area contributed by atoms with Gasteiger partial charge in [-0.3, -0.25) is 9.59 Å². The second-order valence-electron chi connectivity index (χ2n) is 7.81. The topological polar surface area (TPSA) is 83.8 Å². The van der Waals surface area contributed by atoms with E-state index < -0.39 is 11.8 Å². The lowest BCUT2D eigenvalue weighted by atomic mass is 10.2. The number of thiocarbonyl (C=S) groups is 1. The molecule has 2 N–H and O–H groups in total. The van der Waals surface area contributed by atoms with Crippen LogP contribution in [0.5, 0.6) is 0 Å². The van der Waals surface area contributed by atoms with Gasteiger partial charge in [-0.15, -0.1) is 0 Å². The highest BCUT2D eigenvalue weighted by Gasteiger charge is 2.18. The van der Waals surface area contributed by atoms with Crippen LogP contribution in [0.25, 0.3) is 6.08 Å². The van der Waals surface area contributed by atoms with Crippen LogP contribution in [0.15, 0.2) is 81.9 Å². The second-order valence-corrected chi connectivity index (χ2v) is 9.89. The highest BCUT2D eigenvalue weighted by atomic mass is 35.5. The molecule has 1 aliphatic rings. The summed E-state index contributed by atoms with van der Waals surface area (Å²) in [6.45, 7) is 3.03. The number of furan rings is 1. The van der Waals surface area contributed by atoms with Gasteiger partial charge in [0.25, 0.3) is 11.8 Å². The van der Waals surface area contributed by atoms with Gasteiger partial charge in [-0.2, -0.15) is 0 Å². The minimum Gasteiger partial charge on any atom is -0.450 e. The lowest BCUT2D eigenvalue weighted by Gasteiger charge is -2.28. The number of morpholine rings is 1. The number of rotatable bonds is 7. The summed E-state index contributed by atoms with van der Waals surface area (Å²) in [6.07, 6.45) is 1.50. The molecular weight excluding hydrogens is 518 g/mol. The summed E-state index contributed by atoms with van der Waals surface area (Å²) >= 11 is 12.8. The first kappa shape index (κ1) is 26.0.